The van der Waals surface area contributed by atoms with Crippen LogP contribution >= 0.6 is 0 Å². The second kappa shape index (κ2) is 5.53. The summed E-state index contributed by atoms with van der Waals surface area (Å²) in [6.45, 7) is 4.14. The molecular formula is C15H19F3O3S. The number of hydrogen-bond acceptors (Lipinski definition) is 2. The smallest absolute Gasteiger partial charge is 0.282 e. The van der Waals surface area contributed by atoms with Crippen molar-refractivity contribution < 1.29 is 26.1 Å². The van der Waals surface area contributed by atoms with Crippen molar-refractivity contribution in [1.82, 2.24) is 0 Å². The minimum Gasteiger partial charge on any atom is -0.282 e. The highest BCUT2D eigenvalue weighted by Gasteiger charge is 2.41. The van der Waals surface area contributed by atoms with Crippen LogP contribution in [0.1, 0.15) is 56.6 Å². The molecule has 0 aromatic heterocycles. The first-order valence-corrected chi connectivity index (χ1v) is 8.53. The fourth-order valence-corrected chi connectivity index (χ4v) is 3.86. The molecule has 1 fully saturated rings. The molecule has 0 saturated heterocycles. The lowest BCUT2D eigenvalue weighted by atomic mass is 9.70. The van der Waals surface area contributed by atoms with Crippen LogP contribution in [0.4, 0.5) is 13.2 Å². The maximum absolute atomic E-state index is 13.4. The SMILES string of the molecule is CC1(C)CCC(c2cccc(S(=O)(=O)O)c2C(F)(F)F)CC1. The van der Waals surface area contributed by atoms with E-state index in [1.807, 2.05) is 0 Å². The lowest BCUT2D eigenvalue weighted by molar-refractivity contribution is -0.140. The van der Waals surface area contributed by atoms with E-state index in [1.54, 1.807) is 0 Å². The average Bonchev–Trinajstić information content (AvgIpc) is 2.36. The molecule has 0 aliphatic heterocycles. The normalized spacial score (nSPS) is 20.1. The molecule has 0 spiro atoms. The van der Waals surface area contributed by atoms with Crippen molar-refractivity contribution in [2.45, 2.75) is 56.5 Å². The zero-order valence-electron chi connectivity index (χ0n) is 12.4. The van der Waals surface area contributed by atoms with E-state index in [4.69, 9.17) is 4.55 Å². The molecule has 0 radical (unpaired) electrons. The Balaban J connectivity index is 2.53. The largest absolute Gasteiger partial charge is 0.418 e. The summed E-state index contributed by atoms with van der Waals surface area (Å²) in [5, 5.41) is 0. The van der Waals surface area contributed by atoms with Gasteiger partial charge in [0.1, 0.15) is 4.90 Å². The first-order valence-electron chi connectivity index (χ1n) is 7.09. The van der Waals surface area contributed by atoms with Crippen LogP contribution in [-0.4, -0.2) is 13.0 Å². The standard InChI is InChI=1S/C15H19F3O3S/c1-14(2)8-6-10(7-9-14)11-4-3-5-12(22(19,20)21)13(11)15(16,17)18/h3-5,10H,6-9H2,1-2H3,(H,19,20,21). The van der Waals surface area contributed by atoms with E-state index in [2.05, 4.69) is 13.8 Å². The van der Waals surface area contributed by atoms with Crippen molar-refractivity contribution in [2.24, 2.45) is 5.41 Å². The quantitative estimate of drug-likeness (QED) is 0.801. The summed E-state index contributed by atoms with van der Waals surface area (Å²) < 4.78 is 71.8. The van der Waals surface area contributed by atoms with Gasteiger partial charge >= 0.3 is 6.18 Å². The molecule has 1 aromatic carbocycles. The summed E-state index contributed by atoms with van der Waals surface area (Å²) in [7, 11) is -4.92. The zero-order chi connectivity index (χ0) is 16.8. The van der Waals surface area contributed by atoms with Gasteiger partial charge in [-0.3, -0.25) is 4.55 Å². The van der Waals surface area contributed by atoms with Gasteiger partial charge in [0.2, 0.25) is 0 Å². The molecule has 0 bridgehead atoms. The lowest BCUT2D eigenvalue weighted by Crippen LogP contribution is -2.23. The molecule has 2 rings (SSSR count). The molecule has 7 heteroatoms. The van der Waals surface area contributed by atoms with Gasteiger partial charge in [-0.25, -0.2) is 0 Å². The van der Waals surface area contributed by atoms with Gasteiger partial charge in [0.25, 0.3) is 10.1 Å². The fourth-order valence-electron chi connectivity index (χ4n) is 3.12. The maximum Gasteiger partial charge on any atom is 0.418 e. The molecule has 0 unspecified atom stereocenters. The Morgan fingerprint density at radius 1 is 1.18 bits per heavy atom. The fraction of sp³-hybridized carbons (Fsp3) is 0.600. The zero-order valence-corrected chi connectivity index (χ0v) is 13.3. The van der Waals surface area contributed by atoms with Crippen LogP contribution in [0.15, 0.2) is 23.1 Å². The van der Waals surface area contributed by atoms with Gasteiger partial charge in [0.15, 0.2) is 0 Å². The van der Waals surface area contributed by atoms with E-state index < -0.39 is 26.8 Å². The lowest BCUT2D eigenvalue weighted by Gasteiger charge is -2.35. The van der Waals surface area contributed by atoms with Crippen molar-refractivity contribution in [2.75, 3.05) is 0 Å². The third-order valence-electron chi connectivity index (χ3n) is 4.40. The number of benzene rings is 1. The second-order valence-electron chi connectivity index (χ2n) is 6.63. The number of hydrogen-bond donors (Lipinski definition) is 1. The van der Waals surface area contributed by atoms with Gasteiger partial charge in [0, 0.05) is 0 Å². The highest BCUT2D eigenvalue weighted by atomic mass is 32.2. The molecule has 1 aliphatic rings. The van der Waals surface area contributed by atoms with Crippen LogP contribution < -0.4 is 0 Å². The molecular weight excluding hydrogens is 317 g/mol. The van der Waals surface area contributed by atoms with Gasteiger partial charge in [-0.15, -0.1) is 0 Å². The molecule has 3 nitrogen and oxygen atoms in total. The Morgan fingerprint density at radius 2 is 1.73 bits per heavy atom. The van der Waals surface area contributed by atoms with E-state index >= 15 is 0 Å². The van der Waals surface area contributed by atoms with Crippen molar-refractivity contribution in [1.29, 1.82) is 0 Å². The van der Waals surface area contributed by atoms with Crippen LogP contribution in [0.25, 0.3) is 0 Å². The monoisotopic (exact) mass is 336 g/mol. The molecule has 1 aromatic rings. The van der Waals surface area contributed by atoms with Crippen LogP contribution in [0.3, 0.4) is 0 Å². The van der Waals surface area contributed by atoms with Gasteiger partial charge in [0.05, 0.1) is 5.56 Å². The summed E-state index contributed by atoms with van der Waals surface area (Å²) in [4.78, 5) is -1.05. The predicted molar refractivity (Wildman–Crippen MR) is 76.2 cm³/mol. The number of halogens is 3. The topological polar surface area (TPSA) is 54.4 Å². The number of alkyl halides is 3. The van der Waals surface area contributed by atoms with Gasteiger partial charge in [-0.2, -0.15) is 21.6 Å². The Morgan fingerprint density at radius 3 is 2.18 bits per heavy atom. The minimum atomic E-state index is -4.92. The molecule has 1 saturated carbocycles. The Bertz CT molecular complexity index is 653. The highest BCUT2D eigenvalue weighted by molar-refractivity contribution is 7.85. The summed E-state index contributed by atoms with van der Waals surface area (Å²) in [6, 6.07) is 3.38. The van der Waals surface area contributed by atoms with Gasteiger partial charge < -0.3 is 0 Å². The Kier molecular flexibility index (Phi) is 4.34. The van der Waals surface area contributed by atoms with E-state index in [9.17, 15) is 21.6 Å². The van der Waals surface area contributed by atoms with Crippen LogP contribution in [-0.2, 0) is 16.3 Å². The Labute approximate surface area is 128 Å². The molecule has 0 heterocycles. The van der Waals surface area contributed by atoms with Crippen LogP contribution in [0, 0.1) is 5.41 Å². The van der Waals surface area contributed by atoms with Crippen LogP contribution in [0.2, 0.25) is 0 Å². The summed E-state index contributed by atoms with van der Waals surface area (Å²) in [5.41, 5.74) is -1.16. The molecule has 1 N–H and O–H groups in total. The highest BCUT2D eigenvalue weighted by Crippen LogP contribution is 2.47. The summed E-state index contributed by atoms with van der Waals surface area (Å²) >= 11 is 0. The third-order valence-corrected chi connectivity index (χ3v) is 5.29. The Hall–Kier alpha value is -1.08. The van der Waals surface area contributed by atoms with Crippen molar-refractivity contribution >= 4 is 10.1 Å². The van der Waals surface area contributed by atoms with Gasteiger partial charge in [-0.1, -0.05) is 26.0 Å². The first-order chi connectivity index (χ1) is 9.92. The second-order valence-corrected chi connectivity index (χ2v) is 8.02. The van der Waals surface area contributed by atoms with E-state index in [0.717, 1.165) is 18.9 Å². The molecule has 0 atom stereocenters. The predicted octanol–water partition coefficient (Wildman–Crippen LogP) is 4.64. The van der Waals surface area contributed by atoms with E-state index in [-0.39, 0.29) is 16.9 Å². The van der Waals surface area contributed by atoms with Crippen molar-refractivity contribution in [3.8, 4) is 0 Å². The van der Waals surface area contributed by atoms with E-state index in [0.29, 0.717) is 12.8 Å². The average molecular weight is 336 g/mol. The third kappa shape index (κ3) is 3.63. The molecule has 1 aliphatic carbocycles. The van der Waals surface area contributed by atoms with Gasteiger partial charge in [-0.05, 0) is 48.6 Å². The maximum atomic E-state index is 13.4. The summed E-state index contributed by atoms with van der Waals surface area (Å²) in [5.74, 6) is -0.341. The van der Waals surface area contributed by atoms with Crippen LogP contribution in [0.5, 0.6) is 0 Å². The summed E-state index contributed by atoms with van der Waals surface area (Å²) in [6.07, 6.45) is -2.11. The number of rotatable bonds is 2. The minimum absolute atomic E-state index is 0.0295. The molecule has 22 heavy (non-hydrogen) atoms. The van der Waals surface area contributed by atoms with Crippen molar-refractivity contribution in [3.63, 3.8) is 0 Å². The molecule has 124 valence electrons. The van der Waals surface area contributed by atoms with Crippen molar-refractivity contribution in [3.05, 3.63) is 29.3 Å². The first kappa shape index (κ1) is 17.3. The molecule has 0 amide bonds. The van der Waals surface area contributed by atoms with E-state index in [1.165, 1.54) is 12.1 Å².